The summed E-state index contributed by atoms with van der Waals surface area (Å²) in [5.41, 5.74) is 2.97. The summed E-state index contributed by atoms with van der Waals surface area (Å²) in [4.78, 5) is 11.0. The Morgan fingerprint density at radius 3 is 2.85 bits per heavy atom. The van der Waals surface area contributed by atoms with Gasteiger partial charge in [0.2, 0.25) is 6.29 Å². The Morgan fingerprint density at radius 1 is 1.38 bits per heavy atom. The molecule has 0 bridgehead atoms. The number of rotatable bonds is 11. The van der Waals surface area contributed by atoms with Crippen molar-refractivity contribution in [3.8, 4) is 0 Å². The average Bonchev–Trinajstić information content (AvgIpc) is 3.17. The molecule has 0 saturated carbocycles. The molecule has 1 aromatic rings. The number of aryl methyl sites for hydroxylation is 1. The van der Waals surface area contributed by atoms with Crippen LogP contribution in [0.1, 0.15) is 57.9 Å². The van der Waals surface area contributed by atoms with Crippen LogP contribution < -0.4 is 0 Å². The van der Waals surface area contributed by atoms with Gasteiger partial charge in [-0.15, -0.1) is 0 Å². The van der Waals surface area contributed by atoms with E-state index in [1.165, 1.54) is 11.6 Å². The summed E-state index contributed by atoms with van der Waals surface area (Å²) in [6, 6.07) is 2.00. The number of hydrogen-bond acceptors (Lipinski definition) is 5. The molecule has 5 heteroatoms. The zero-order chi connectivity index (χ0) is 18.9. The number of carbonyl (C=O) groups excluding carboxylic acids is 1. The lowest BCUT2D eigenvalue weighted by atomic mass is 9.93. The van der Waals surface area contributed by atoms with Crippen molar-refractivity contribution in [2.24, 2.45) is 5.92 Å². The molecule has 3 atom stereocenters. The molecule has 1 aliphatic rings. The summed E-state index contributed by atoms with van der Waals surface area (Å²) in [6.45, 7) is 4.19. The first-order valence-electron chi connectivity index (χ1n) is 9.38. The van der Waals surface area contributed by atoms with Gasteiger partial charge in [-0.05, 0) is 63.0 Å². The number of hydrogen-bond donors (Lipinski definition) is 2. The molecule has 2 heterocycles. The van der Waals surface area contributed by atoms with Gasteiger partial charge in [0.15, 0.2) is 0 Å². The van der Waals surface area contributed by atoms with Crippen LogP contribution in [0.2, 0.25) is 0 Å². The highest BCUT2D eigenvalue weighted by molar-refractivity contribution is 5.85. The van der Waals surface area contributed by atoms with Gasteiger partial charge in [0.1, 0.15) is 0 Å². The van der Waals surface area contributed by atoms with Crippen LogP contribution in [0.4, 0.5) is 0 Å². The van der Waals surface area contributed by atoms with E-state index in [0.717, 1.165) is 37.7 Å². The van der Waals surface area contributed by atoms with Gasteiger partial charge < -0.3 is 19.4 Å². The normalized spacial score (nSPS) is 20.0. The van der Waals surface area contributed by atoms with Gasteiger partial charge in [0, 0.05) is 11.6 Å². The van der Waals surface area contributed by atoms with Gasteiger partial charge in [-0.2, -0.15) is 0 Å². The number of furan rings is 1. The van der Waals surface area contributed by atoms with Crippen LogP contribution in [-0.4, -0.2) is 28.6 Å². The second kappa shape index (κ2) is 10.3. The third-order valence-electron chi connectivity index (χ3n) is 4.75. The van der Waals surface area contributed by atoms with E-state index in [-0.39, 0.29) is 6.10 Å². The topological polar surface area (TPSA) is 79.9 Å². The summed E-state index contributed by atoms with van der Waals surface area (Å²) in [5.74, 6) is -0.00275. The van der Waals surface area contributed by atoms with E-state index in [0.29, 0.717) is 24.3 Å². The van der Waals surface area contributed by atoms with E-state index >= 15 is 0 Å². The largest absolute Gasteiger partial charge is 0.472 e. The van der Waals surface area contributed by atoms with Crippen molar-refractivity contribution in [1.29, 1.82) is 0 Å². The fourth-order valence-corrected chi connectivity index (χ4v) is 3.33. The lowest BCUT2D eigenvalue weighted by Crippen LogP contribution is -2.12. The second-order valence-electron chi connectivity index (χ2n) is 7.32. The monoisotopic (exact) mass is 362 g/mol. The molecule has 0 radical (unpaired) electrons. The number of cyclic esters (lactones) is 1. The molecular formula is C21H30O5. The van der Waals surface area contributed by atoms with Gasteiger partial charge in [-0.25, -0.2) is 4.79 Å². The lowest BCUT2D eigenvalue weighted by Gasteiger charge is -2.16. The standard InChI is InChI=1S/C21H30O5/c1-15(5-3-7-17-9-10-25-14-17)11-19(22)12-16(2)6-4-8-18-13-20(23)26-21(18)24/h6,9-10,13-15,19,21-22,24H,3-5,7-8,11-12H2,1-2H3/t15-,19-,21-/m1/s1. The number of ether oxygens (including phenoxy) is 1. The molecule has 26 heavy (non-hydrogen) atoms. The summed E-state index contributed by atoms with van der Waals surface area (Å²) in [7, 11) is 0. The van der Waals surface area contributed by atoms with Crippen molar-refractivity contribution in [1.82, 2.24) is 0 Å². The first kappa shape index (κ1) is 20.5. The number of allylic oxidation sites excluding steroid dienone is 1. The number of aliphatic hydroxyl groups excluding tert-OH is 2. The third-order valence-corrected chi connectivity index (χ3v) is 4.75. The predicted octanol–water partition coefficient (Wildman–Crippen LogP) is 3.91. The van der Waals surface area contributed by atoms with Gasteiger partial charge in [0.25, 0.3) is 0 Å². The lowest BCUT2D eigenvalue weighted by molar-refractivity contribution is -0.151. The van der Waals surface area contributed by atoms with Crippen LogP contribution >= 0.6 is 0 Å². The minimum Gasteiger partial charge on any atom is -0.472 e. The molecule has 1 aliphatic heterocycles. The average molecular weight is 362 g/mol. The van der Waals surface area contributed by atoms with E-state index in [9.17, 15) is 15.0 Å². The maximum atomic E-state index is 11.0. The summed E-state index contributed by atoms with van der Waals surface area (Å²) in [5, 5.41) is 19.8. The maximum Gasteiger partial charge on any atom is 0.333 e. The third kappa shape index (κ3) is 7.18. The first-order chi connectivity index (χ1) is 12.4. The Kier molecular flexibility index (Phi) is 8.13. The van der Waals surface area contributed by atoms with Crippen LogP contribution in [0.5, 0.6) is 0 Å². The quantitative estimate of drug-likeness (QED) is 0.461. The predicted molar refractivity (Wildman–Crippen MR) is 99.2 cm³/mol. The van der Waals surface area contributed by atoms with E-state index in [4.69, 9.17) is 4.42 Å². The Labute approximate surface area is 155 Å². The van der Waals surface area contributed by atoms with Gasteiger partial charge in [0.05, 0.1) is 18.6 Å². The molecular weight excluding hydrogens is 332 g/mol. The van der Waals surface area contributed by atoms with Crippen molar-refractivity contribution >= 4 is 5.97 Å². The Morgan fingerprint density at radius 2 is 2.19 bits per heavy atom. The first-order valence-corrected chi connectivity index (χ1v) is 9.38. The fourth-order valence-electron chi connectivity index (χ4n) is 3.33. The van der Waals surface area contributed by atoms with Gasteiger partial charge in [-0.3, -0.25) is 0 Å². The molecule has 144 valence electrons. The summed E-state index contributed by atoms with van der Waals surface area (Å²) < 4.78 is 9.72. The van der Waals surface area contributed by atoms with Crippen LogP contribution in [0.25, 0.3) is 0 Å². The Balaban J connectivity index is 1.61. The molecule has 0 saturated heterocycles. The molecule has 2 N–H and O–H groups in total. The number of aliphatic hydroxyl groups is 2. The molecule has 0 unspecified atom stereocenters. The molecule has 0 fully saturated rings. The van der Waals surface area contributed by atoms with E-state index in [1.807, 2.05) is 13.0 Å². The fraction of sp³-hybridized carbons (Fsp3) is 0.571. The molecule has 2 rings (SSSR count). The molecule has 0 spiro atoms. The molecule has 0 amide bonds. The highest BCUT2D eigenvalue weighted by atomic mass is 16.6. The summed E-state index contributed by atoms with van der Waals surface area (Å²) in [6.07, 6.45) is 11.4. The second-order valence-corrected chi connectivity index (χ2v) is 7.32. The molecule has 0 aliphatic carbocycles. The zero-order valence-electron chi connectivity index (χ0n) is 15.7. The maximum absolute atomic E-state index is 11.0. The van der Waals surface area contributed by atoms with Crippen molar-refractivity contribution in [2.75, 3.05) is 0 Å². The SMILES string of the molecule is CC(=CCCC1=CC(=O)O[C@H]1O)C[C@H](O)C[C@H](C)CCCc1ccoc1. The van der Waals surface area contributed by atoms with E-state index in [1.54, 1.807) is 12.5 Å². The zero-order valence-corrected chi connectivity index (χ0v) is 15.7. The summed E-state index contributed by atoms with van der Waals surface area (Å²) >= 11 is 0. The Hall–Kier alpha value is -1.85. The molecule has 5 nitrogen and oxygen atoms in total. The van der Waals surface area contributed by atoms with Crippen LogP contribution in [0.3, 0.4) is 0 Å². The van der Waals surface area contributed by atoms with Crippen molar-refractivity contribution in [2.45, 2.75) is 71.2 Å². The van der Waals surface area contributed by atoms with Crippen LogP contribution in [0, 0.1) is 5.92 Å². The number of esters is 1. The highest BCUT2D eigenvalue weighted by Crippen LogP contribution is 2.21. The van der Waals surface area contributed by atoms with E-state index in [2.05, 4.69) is 17.7 Å². The van der Waals surface area contributed by atoms with Crippen molar-refractivity contribution < 1.29 is 24.2 Å². The van der Waals surface area contributed by atoms with Crippen molar-refractivity contribution in [3.05, 3.63) is 47.5 Å². The molecule has 1 aromatic heterocycles. The highest BCUT2D eigenvalue weighted by Gasteiger charge is 2.22. The van der Waals surface area contributed by atoms with Gasteiger partial charge >= 0.3 is 5.97 Å². The van der Waals surface area contributed by atoms with E-state index < -0.39 is 12.3 Å². The van der Waals surface area contributed by atoms with Gasteiger partial charge in [-0.1, -0.05) is 25.0 Å². The minimum atomic E-state index is -1.09. The molecule has 0 aromatic carbocycles. The number of carbonyl (C=O) groups is 1. The van der Waals surface area contributed by atoms with Crippen LogP contribution in [-0.2, 0) is 16.0 Å². The van der Waals surface area contributed by atoms with Crippen LogP contribution in [0.15, 0.2) is 46.3 Å². The smallest absolute Gasteiger partial charge is 0.333 e. The Bertz CT molecular complexity index is 614. The van der Waals surface area contributed by atoms with Crippen molar-refractivity contribution in [3.63, 3.8) is 0 Å². The minimum absolute atomic E-state index is 0.337.